The van der Waals surface area contributed by atoms with Gasteiger partial charge in [0.25, 0.3) is 0 Å². The van der Waals surface area contributed by atoms with Gasteiger partial charge >= 0.3 is 0 Å². The standard InChI is InChI=1S/C27H33FN2O3S/c1-3-29-17-15-21(16-18-29)20-30(34(31,32)27-12-8-7-11-25(27)28)26-14-13-23(33-2)19-24(26)22-9-5-4-6-10-22/h4-13,19,21,26H,3,14-18,20H2,1-2H3. The zero-order valence-electron chi connectivity index (χ0n) is 19.9. The van der Waals surface area contributed by atoms with E-state index in [2.05, 4.69) is 11.8 Å². The molecule has 0 spiro atoms. The molecule has 1 aliphatic heterocycles. The van der Waals surface area contributed by atoms with Gasteiger partial charge in [-0.05, 0) is 80.2 Å². The number of methoxy groups -OCH3 is 1. The Bertz CT molecular complexity index is 1140. The summed E-state index contributed by atoms with van der Waals surface area (Å²) in [6.07, 6.45) is 6.14. The molecule has 2 aliphatic rings. The number of hydrogen-bond donors (Lipinski definition) is 0. The molecule has 0 radical (unpaired) electrons. The SMILES string of the molecule is CCN1CCC(CN(C2CC=C(OC)C=C2c2ccccc2)S(=O)(=O)c2ccccc2F)CC1. The van der Waals surface area contributed by atoms with E-state index in [1.165, 1.54) is 18.2 Å². The van der Waals surface area contributed by atoms with Gasteiger partial charge in [0.15, 0.2) is 0 Å². The first kappa shape index (κ1) is 24.6. The molecule has 7 heteroatoms. The maximum Gasteiger partial charge on any atom is 0.246 e. The van der Waals surface area contributed by atoms with Gasteiger partial charge < -0.3 is 9.64 Å². The minimum absolute atomic E-state index is 0.217. The third-order valence-corrected chi connectivity index (χ3v) is 8.81. The molecular weight excluding hydrogens is 451 g/mol. The highest BCUT2D eigenvalue weighted by molar-refractivity contribution is 7.89. The third-order valence-electron chi connectivity index (χ3n) is 6.91. The molecule has 1 aliphatic carbocycles. The number of sulfonamides is 1. The predicted octanol–water partition coefficient (Wildman–Crippen LogP) is 4.93. The van der Waals surface area contributed by atoms with Crippen LogP contribution < -0.4 is 0 Å². The minimum Gasteiger partial charge on any atom is -0.497 e. The first-order valence-electron chi connectivity index (χ1n) is 11.9. The van der Waals surface area contributed by atoms with Crippen molar-refractivity contribution in [1.29, 1.82) is 0 Å². The van der Waals surface area contributed by atoms with E-state index in [-0.39, 0.29) is 10.8 Å². The first-order valence-corrected chi connectivity index (χ1v) is 13.4. The van der Waals surface area contributed by atoms with Gasteiger partial charge in [0.05, 0.1) is 13.2 Å². The van der Waals surface area contributed by atoms with Crippen molar-refractivity contribution < 1.29 is 17.5 Å². The summed E-state index contributed by atoms with van der Waals surface area (Å²) >= 11 is 0. The molecule has 0 bridgehead atoms. The Hall–Kier alpha value is -2.48. The van der Waals surface area contributed by atoms with Crippen LogP contribution in [-0.2, 0) is 14.8 Å². The molecule has 0 N–H and O–H groups in total. The lowest BCUT2D eigenvalue weighted by molar-refractivity contribution is 0.169. The van der Waals surface area contributed by atoms with Gasteiger partial charge in [0, 0.05) is 6.54 Å². The quantitative estimate of drug-likeness (QED) is 0.533. The van der Waals surface area contributed by atoms with Crippen LogP contribution in [0.15, 0.2) is 77.4 Å². The zero-order chi connectivity index (χ0) is 24.1. The van der Waals surface area contributed by atoms with Gasteiger partial charge in [-0.15, -0.1) is 0 Å². The summed E-state index contributed by atoms with van der Waals surface area (Å²) < 4.78 is 49.7. The molecule has 1 unspecified atom stereocenters. The molecule has 1 fully saturated rings. The maximum absolute atomic E-state index is 14.8. The normalized spacial score (nSPS) is 20.2. The van der Waals surface area contributed by atoms with Crippen LogP contribution in [0.3, 0.4) is 0 Å². The Kier molecular flexibility index (Phi) is 7.86. The average molecular weight is 485 g/mol. The van der Waals surface area contributed by atoms with Gasteiger partial charge in [-0.3, -0.25) is 0 Å². The number of rotatable bonds is 8. The second-order valence-electron chi connectivity index (χ2n) is 8.91. The van der Waals surface area contributed by atoms with E-state index in [4.69, 9.17) is 4.74 Å². The van der Waals surface area contributed by atoms with Gasteiger partial charge in [-0.1, -0.05) is 49.4 Å². The first-order chi connectivity index (χ1) is 16.4. The Morgan fingerprint density at radius 1 is 1.06 bits per heavy atom. The topological polar surface area (TPSA) is 49.9 Å². The second-order valence-corrected chi connectivity index (χ2v) is 10.8. The van der Waals surface area contributed by atoms with E-state index in [1.807, 2.05) is 42.5 Å². The van der Waals surface area contributed by atoms with Crippen LogP contribution in [0, 0.1) is 11.7 Å². The van der Waals surface area contributed by atoms with Crippen LogP contribution in [0.5, 0.6) is 0 Å². The monoisotopic (exact) mass is 484 g/mol. The summed E-state index contributed by atoms with van der Waals surface area (Å²) in [7, 11) is -2.47. The number of likely N-dealkylation sites (tertiary alicyclic amines) is 1. The highest BCUT2D eigenvalue weighted by atomic mass is 32.2. The molecule has 1 heterocycles. The predicted molar refractivity (Wildman–Crippen MR) is 133 cm³/mol. The van der Waals surface area contributed by atoms with Crippen molar-refractivity contribution in [3.8, 4) is 0 Å². The molecule has 2 aromatic rings. The molecule has 4 rings (SSSR count). The summed E-state index contributed by atoms with van der Waals surface area (Å²) in [5.41, 5.74) is 1.80. The number of piperidine rings is 1. The fourth-order valence-corrected chi connectivity index (χ4v) is 6.66. The van der Waals surface area contributed by atoms with Crippen LogP contribution in [-0.4, -0.2) is 57.0 Å². The number of ether oxygens (including phenoxy) is 1. The number of allylic oxidation sites excluding steroid dienone is 1. The summed E-state index contributed by atoms with van der Waals surface area (Å²) in [5.74, 6) is 0.200. The zero-order valence-corrected chi connectivity index (χ0v) is 20.7. The van der Waals surface area contributed by atoms with E-state index in [9.17, 15) is 12.8 Å². The van der Waals surface area contributed by atoms with E-state index >= 15 is 0 Å². The lowest BCUT2D eigenvalue weighted by Gasteiger charge is -2.38. The van der Waals surface area contributed by atoms with E-state index in [0.29, 0.717) is 18.7 Å². The highest BCUT2D eigenvalue weighted by Crippen LogP contribution is 2.36. The number of halogens is 1. The summed E-state index contributed by atoms with van der Waals surface area (Å²) in [5, 5.41) is 0. The minimum atomic E-state index is -4.08. The molecule has 0 aromatic heterocycles. The van der Waals surface area contributed by atoms with E-state index in [1.54, 1.807) is 17.5 Å². The van der Waals surface area contributed by atoms with Crippen molar-refractivity contribution in [3.05, 3.63) is 83.9 Å². The smallest absolute Gasteiger partial charge is 0.246 e. The molecule has 1 saturated heterocycles. The number of nitrogens with zero attached hydrogens (tertiary/aromatic N) is 2. The van der Waals surface area contributed by atoms with Crippen LogP contribution >= 0.6 is 0 Å². The van der Waals surface area contributed by atoms with Crippen LogP contribution in [0.4, 0.5) is 4.39 Å². The largest absolute Gasteiger partial charge is 0.497 e. The Morgan fingerprint density at radius 2 is 1.74 bits per heavy atom. The maximum atomic E-state index is 14.8. The van der Waals surface area contributed by atoms with Crippen LogP contribution in [0.25, 0.3) is 5.57 Å². The van der Waals surface area contributed by atoms with Crippen molar-refractivity contribution in [2.75, 3.05) is 33.3 Å². The second kappa shape index (κ2) is 10.8. The molecule has 5 nitrogen and oxygen atoms in total. The van der Waals surface area contributed by atoms with Crippen LogP contribution in [0.2, 0.25) is 0 Å². The average Bonchev–Trinajstić information content (AvgIpc) is 2.88. The molecular formula is C27H33FN2O3S. The van der Waals surface area contributed by atoms with E-state index < -0.39 is 21.9 Å². The fourth-order valence-electron chi connectivity index (χ4n) is 4.90. The highest BCUT2D eigenvalue weighted by Gasteiger charge is 2.38. The van der Waals surface area contributed by atoms with Crippen molar-refractivity contribution in [2.24, 2.45) is 5.92 Å². The Balaban J connectivity index is 1.75. The molecule has 2 aromatic carbocycles. The number of benzene rings is 2. The van der Waals surface area contributed by atoms with Crippen molar-refractivity contribution in [1.82, 2.24) is 9.21 Å². The molecule has 0 amide bonds. The van der Waals surface area contributed by atoms with Crippen LogP contribution in [0.1, 0.15) is 31.7 Å². The molecule has 0 saturated carbocycles. The summed E-state index contributed by atoms with van der Waals surface area (Å²) in [4.78, 5) is 2.12. The van der Waals surface area contributed by atoms with Crippen molar-refractivity contribution in [2.45, 2.75) is 37.1 Å². The van der Waals surface area contributed by atoms with Gasteiger partial charge in [0.2, 0.25) is 10.0 Å². The Labute approximate surface area is 202 Å². The molecule has 182 valence electrons. The van der Waals surface area contributed by atoms with Gasteiger partial charge in [-0.2, -0.15) is 4.31 Å². The lowest BCUT2D eigenvalue weighted by Crippen LogP contribution is -2.46. The summed E-state index contributed by atoms with van der Waals surface area (Å²) in [6, 6.07) is 15.0. The molecule has 1 atom stereocenters. The fraction of sp³-hybridized carbons (Fsp3) is 0.407. The Morgan fingerprint density at radius 3 is 2.38 bits per heavy atom. The van der Waals surface area contributed by atoms with Gasteiger partial charge in [0.1, 0.15) is 16.5 Å². The lowest BCUT2D eigenvalue weighted by atomic mass is 9.90. The summed E-state index contributed by atoms with van der Waals surface area (Å²) in [6.45, 7) is 5.41. The molecule has 34 heavy (non-hydrogen) atoms. The third kappa shape index (κ3) is 5.27. The number of hydrogen-bond acceptors (Lipinski definition) is 4. The van der Waals surface area contributed by atoms with Crippen molar-refractivity contribution in [3.63, 3.8) is 0 Å². The van der Waals surface area contributed by atoms with Gasteiger partial charge in [-0.25, -0.2) is 12.8 Å². The van der Waals surface area contributed by atoms with Crippen molar-refractivity contribution >= 4 is 15.6 Å². The van der Waals surface area contributed by atoms with E-state index in [0.717, 1.165) is 43.6 Å².